The average Bonchev–Trinajstić information content (AvgIpc) is 2.49. The number of thioether (sulfide) groups is 1. The van der Waals surface area contributed by atoms with E-state index in [2.05, 4.69) is 5.32 Å². The van der Waals surface area contributed by atoms with Crippen molar-refractivity contribution in [3.05, 3.63) is 63.7 Å². The van der Waals surface area contributed by atoms with Crippen molar-refractivity contribution >= 4 is 40.6 Å². The summed E-state index contributed by atoms with van der Waals surface area (Å²) in [5, 5.41) is 13.6. The minimum atomic E-state index is -0.526. The van der Waals surface area contributed by atoms with E-state index in [1.807, 2.05) is 18.2 Å². The van der Waals surface area contributed by atoms with Gasteiger partial charge in [0, 0.05) is 11.0 Å². The number of anilines is 1. The predicted molar refractivity (Wildman–Crippen MR) is 88.5 cm³/mol. The molecule has 1 amide bonds. The second-order valence-electron chi connectivity index (χ2n) is 4.45. The molecule has 0 saturated carbocycles. The number of benzene rings is 2. The highest BCUT2D eigenvalue weighted by atomic mass is 35.5. The first-order valence-corrected chi connectivity index (χ1v) is 7.70. The maximum Gasteiger partial charge on any atom is 0.292 e. The number of para-hydroxylation sites is 2. The molecule has 0 aliphatic heterocycles. The predicted octanol–water partition coefficient (Wildman–Crippen LogP) is 4.37. The fourth-order valence-corrected chi connectivity index (χ4v) is 2.91. The van der Waals surface area contributed by atoms with Crippen molar-refractivity contribution in [3.63, 3.8) is 0 Å². The molecule has 114 valence electrons. The smallest absolute Gasteiger partial charge is 0.292 e. The Morgan fingerprint density at radius 1 is 1.23 bits per heavy atom. The van der Waals surface area contributed by atoms with Crippen LogP contribution >= 0.6 is 23.4 Å². The lowest BCUT2D eigenvalue weighted by Gasteiger charge is -2.12. The number of nitrogens with zero attached hydrogens (tertiary/aromatic N) is 1. The Hall–Kier alpha value is -2.05. The molecule has 0 aliphatic rings. The largest absolute Gasteiger partial charge is 0.319 e. The Morgan fingerprint density at radius 2 is 1.86 bits per heavy atom. The molecular formula is C15H13ClN2O3S. The Kier molecular flexibility index (Phi) is 5.41. The molecule has 0 radical (unpaired) electrons. The average molecular weight is 337 g/mol. The second kappa shape index (κ2) is 7.29. The highest BCUT2D eigenvalue weighted by Crippen LogP contribution is 2.31. The molecule has 0 unspecified atom stereocenters. The number of carbonyl (C=O) groups is 1. The van der Waals surface area contributed by atoms with Crippen molar-refractivity contribution in [1.82, 2.24) is 0 Å². The minimum Gasteiger partial charge on any atom is -0.319 e. The number of hydrogen-bond acceptors (Lipinski definition) is 4. The third-order valence-corrected chi connectivity index (χ3v) is 4.49. The summed E-state index contributed by atoms with van der Waals surface area (Å²) in [6, 6.07) is 13.2. The van der Waals surface area contributed by atoms with Crippen molar-refractivity contribution in [1.29, 1.82) is 0 Å². The first-order chi connectivity index (χ1) is 10.5. The first kappa shape index (κ1) is 16.3. The van der Waals surface area contributed by atoms with Gasteiger partial charge in [-0.05, 0) is 25.1 Å². The zero-order valence-corrected chi connectivity index (χ0v) is 13.2. The van der Waals surface area contributed by atoms with Crippen molar-refractivity contribution < 1.29 is 9.72 Å². The molecule has 0 spiro atoms. The molecule has 0 heterocycles. The van der Waals surface area contributed by atoms with Gasteiger partial charge in [0.2, 0.25) is 5.91 Å². The Balaban J connectivity index is 2.09. The molecule has 0 aromatic heterocycles. The molecule has 2 aromatic rings. The molecule has 0 aliphatic carbocycles. The molecule has 2 aromatic carbocycles. The third-order valence-electron chi connectivity index (χ3n) is 2.87. The summed E-state index contributed by atoms with van der Waals surface area (Å²) in [6.07, 6.45) is 0. The molecule has 5 nitrogen and oxygen atoms in total. The van der Waals surface area contributed by atoms with Crippen molar-refractivity contribution in [2.45, 2.75) is 17.1 Å². The summed E-state index contributed by atoms with van der Waals surface area (Å²) in [7, 11) is 0. The number of nitro groups is 1. The minimum absolute atomic E-state index is 0.134. The van der Waals surface area contributed by atoms with Gasteiger partial charge in [-0.2, -0.15) is 0 Å². The van der Waals surface area contributed by atoms with Gasteiger partial charge in [0.15, 0.2) is 0 Å². The first-order valence-electron chi connectivity index (χ1n) is 6.44. The third kappa shape index (κ3) is 3.99. The van der Waals surface area contributed by atoms with Gasteiger partial charge in [0.05, 0.1) is 15.2 Å². The van der Waals surface area contributed by atoms with Crippen LogP contribution in [0.3, 0.4) is 0 Å². The van der Waals surface area contributed by atoms with Gasteiger partial charge in [-0.25, -0.2) is 0 Å². The van der Waals surface area contributed by atoms with E-state index >= 15 is 0 Å². The number of nitro benzene ring substituents is 1. The number of rotatable bonds is 5. The summed E-state index contributed by atoms with van der Waals surface area (Å²) < 4.78 is 0. The lowest BCUT2D eigenvalue weighted by atomic mass is 10.2. The summed E-state index contributed by atoms with van der Waals surface area (Å²) in [5.41, 5.74) is 0.0508. The van der Waals surface area contributed by atoms with E-state index in [9.17, 15) is 14.9 Å². The Labute approximate surface area is 136 Å². The van der Waals surface area contributed by atoms with Crippen LogP contribution in [0.15, 0.2) is 53.4 Å². The molecule has 2 rings (SSSR count). The topological polar surface area (TPSA) is 72.2 Å². The van der Waals surface area contributed by atoms with Gasteiger partial charge < -0.3 is 5.32 Å². The van der Waals surface area contributed by atoms with Gasteiger partial charge >= 0.3 is 0 Å². The normalized spacial score (nSPS) is 11.7. The lowest BCUT2D eigenvalue weighted by molar-refractivity contribution is -0.383. The molecule has 1 atom stereocenters. The fourth-order valence-electron chi connectivity index (χ4n) is 1.76. The van der Waals surface area contributed by atoms with Gasteiger partial charge in [-0.1, -0.05) is 35.9 Å². The van der Waals surface area contributed by atoms with E-state index in [-0.39, 0.29) is 17.3 Å². The summed E-state index contributed by atoms with van der Waals surface area (Å²) in [5.74, 6) is -0.320. The van der Waals surface area contributed by atoms with Crippen LogP contribution in [0.5, 0.6) is 0 Å². The highest BCUT2D eigenvalue weighted by Gasteiger charge is 2.20. The second-order valence-corrected chi connectivity index (χ2v) is 6.24. The van der Waals surface area contributed by atoms with Crippen LogP contribution in [0.25, 0.3) is 0 Å². The standard InChI is InChI=1S/C15H13ClN2O3S/c1-10(22-14-9-5-2-6-11(14)16)15(19)17-12-7-3-4-8-13(12)18(20)21/h2-10H,1H3,(H,17,19)/t10-/m0/s1. The molecule has 0 bridgehead atoms. The van der Waals surface area contributed by atoms with Crippen LogP contribution in [0.2, 0.25) is 5.02 Å². The fraction of sp³-hybridized carbons (Fsp3) is 0.133. The van der Waals surface area contributed by atoms with E-state index in [0.717, 1.165) is 4.90 Å². The van der Waals surface area contributed by atoms with Crippen LogP contribution < -0.4 is 5.32 Å². The molecular weight excluding hydrogens is 324 g/mol. The number of carbonyl (C=O) groups excluding carboxylic acids is 1. The van der Waals surface area contributed by atoms with Crippen LogP contribution in [-0.2, 0) is 4.79 Å². The van der Waals surface area contributed by atoms with E-state index < -0.39 is 10.2 Å². The molecule has 7 heteroatoms. The van der Waals surface area contributed by atoms with Crippen LogP contribution in [0.1, 0.15) is 6.92 Å². The molecule has 0 saturated heterocycles. The zero-order valence-electron chi connectivity index (χ0n) is 11.7. The zero-order chi connectivity index (χ0) is 16.1. The lowest BCUT2D eigenvalue weighted by Crippen LogP contribution is -2.22. The van der Waals surface area contributed by atoms with Gasteiger partial charge in [-0.3, -0.25) is 14.9 Å². The summed E-state index contributed by atoms with van der Waals surface area (Å²) in [4.78, 5) is 23.4. The molecule has 1 N–H and O–H groups in total. The number of amides is 1. The van der Waals surface area contributed by atoms with Crippen molar-refractivity contribution in [2.24, 2.45) is 0 Å². The number of halogens is 1. The summed E-state index contributed by atoms with van der Waals surface area (Å²) >= 11 is 7.36. The maximum absolute atomic E-state index is 12.2. The summed E-state index contributed by atoms with van der Waals surface area (Å²) in [6.45, 7) is 1.72. The van der Waals surface area contributed by atoms with E-state index in [0.29, 0.717) is 5.02 Å². The van der Waals surface area contributed by atoms with E-state index in [4.69, 9.17) is 11.6 Å². The highest BCUT2D eigenvalue weighted by molar-refractivity contribution is 8.00. The molecule has 22 heavy (non-hydrogen) atoms. The van der Waals surface area contributed by atoms with Crippen LogP contribution in [0, 0.1) is 10.1 Å². The van der Waals surface area contributed by atoms with Crippen molar-refractivity contribution in [2.75, 3.05) is 5.32 Å². The van der Waals surface area contributed by atoms with Crippen LogP contribution in [-0.4, -0.2) is 16.1 Å². The maximum atomic E-state index is 12.2. The quantitative estimate of drug-likeness (QED) is 0.500. The molecule has 0 fully saturated rings. The Bertz CT molecular complexity index is 709. The number of hydrogen-bond donors (Lipinski definition) is 1. The van der Waals surface area contributed by atoms with Gasteiger partial charge in [0.1, 0.15) is 5.69 Å². The van der Waals surface area contributed by atoms with Crippen molar-refractivity contribution in [3.8, 4) is 0 Å². The monoisotopic (exact) mass is 336 g/mol. The van der Waals surface area contributed by atoms with E-state index in [1.54, 1.807) is 25.1 Å². The van der Waals surface area contributed by atoms with E-state index in [1.165, 1.54) is 23.9 Å². The Morgan fingerprint density at radius 3 is 2.55 bits per heavy atom. The van der Waals surface area contributed by atoms with Gasteiger partial charge in [-0.15, -0.1) is 11.8 Å². The van der Waals surface area contributed by atoms with Crippen LogP contribution in [0.4, 0.5) is 11.4 Å². The SMILES string of the molecule is C[C@H](Sc1ccccc1Cl)C(=O)Nc1ccccc1[N+](=O)[O-]. The number of nitrogens with one attached hydrogen (secondary N) is 1. The van der Waals surface area contributed by atoms with Gasteiger partial charge in [0.25, 0.3) is 5.69 Å².